The standard InChI is InChI=1S/C13H11BrClN3O/c14-10-3-1-2-4-12(10)17-13(19)9-7-8(15)5-6-11(9)18-16/h1-7,18H,16H2,(H,17,19). The minimum Gasteiger partial charge on any atom is -0.323 e. The van der Waals surface area contributed by atoms with E-state index in [-0.39, 0.29) is 5.91 Å². The maximum atomic E-state index is 12.2. The predicted molar refractivity (Wildman–Crippen MR) is 81.4 cm³/mol. The van der Waals surface area contributed by atoms with E-state index in [1.54, 1.807) is 24.3 Å². The molecule has 98 valence electrons. The first-order valence-electron chi connectivity index (χ1n) is 5.44. The zero-order chi connectivity index (χ0) is 13.8. The Bertz CT molecular complexity index is 619. The summed E-state index contributed by atoms with van der Waals surface area (Å²) in [6, 6.07) is 12.2. The molecule has 2 rings (SSSR count). The van der Waals surface area contributed by atoms with E-state index in [0.717, 1.165) is 4.47 Å². The van der Waals surface area contributed by atoms with E-state index >= 15 is 0 Å². The summed E-state index contributed by atoms with van der Waals surface area (Å²) in [6.45, 7) is 0. The zero-order valence-electron chi connectivity index (χ0n) is 9.78. The summed E-state index contributed by atoms with van der Waals surface area (Å²) >= 11 is 9.26. The van der Waals surface area contributed by atoms with E-state index in [1.165, 1.54) is 0 Å². The lowest BCUT2D eigenvalue weighted by Gasteiger charge is -2.11. The lowest BCUT2D eigenvalue weighted by atomic mass is 10.1. The number of amides is 1. The van der Waals surface area contributed by atoms with Crippen LogP contribution < -0.4 is 16.6 Å². The number of hydrogen-bond acceptors (Lipinski definition) is 3. The van der Waals surface area contributed by atoms with Crippen LogP contribution in [0.25, 0.3) is 0 Å². The minimum absolute atomic E-state index is 0.289. The molecule has 0 heterocycles. The van der Waals surface area contributed by atoms with Gasteiger partial charge in [-0.3, -0.25) is 10.6 Å². The first kappa shape index (κ1) is 13.9. The molecule has 0 aromatic heterocycles. The number of hydrogen-bond donors (Lipinski definition) is 3. The Labute approximate surface area is 124 Å². The van der Waals surface area contributed by atoms with Crippen molar-refractivity contribution < 1.29 is 4.79 Å². The summed E-state index contributed by atoms with van der Waals surface area (Å²) in [6.07, 6.45) is 0. The van der Waals surface area contributed by atoms with E-state index in [4.69, 9.17) is 17.4 Å². The van der Waals surface area contributed by atoms with Crippen LogP contribution >= 0.6 is 27.5 Å². The maximum absolute atomic E-state index is 12.2. The van der Waals surface area contributed by atoms with Crippen molar-refractivity contribution in [2.45, 2.75) is 0 Å². The fraction of sp³-hybridized carbons (Fsp3) is 0. The van der Waals surface area contributed by atoms with Crippen LogP contribution in [0, 0.1) is 0 Å². The molecule has 2 aromatic carbocycles. The number of hydrazine groups is 1. The fourth-order valence-electron chi connectivity index (χ4n) is 1.58. The second kappa shape index (κ2) is 6.06. The molecule has 2 aromatic rings. The van der Waals surface area contributed by atoms with E-state index in [2.05, 4.69) is 26.7 Å². The van der Waals surface area contributed by atoms with Crippen LogP contribution in [0.2, 0.25) is 5.02 Å². The van der Waals surface area contributed by atoms with Crippen LogP contribution in [-0.4, -0.2) is 5.91 Å². The van der Waals surface area contributed by atoms with Gasteiger partial charge < -0.3 is 10.7 Å². The molecule has 0 aliphatic heterocycles. The summed E-state index contributed by atoms with van der Waals surface area (Å²) in [4.78, 5) is 12.2. The minimum atomic E-state index is -0.289. The Kier molecular flexibility index (Phi) is 4.42. The summed E-state index contributed by atoms with van der Waals surface area (Å²) in [7, 11) is 0. The first-order valence-corrected chi connectivity index (χ1v) is 6.61. The fourth-order valence-corrected chi connectivity index (χ4v) is 2.14. The van der Waals surface area contributed by atoms with Crippen molar-refractivity contribution in [1.82, 2.24) is 0 Å². The van der Waals surface area contributed by atoms with Crippen LogP contribution in [0.4, 0.5) is 11.4 Å². The SMILES string of the molecule is NNc1ccc(Cl)cc1C(=O)Nc1ccccc1Br. The second-order valence-electron chi connectivity index (χ2n) is 3.77. The molecule has 0 bridgehead atoms. The highest BCUT2D eigenvalue weighted by Crippen LogP contribution is 2.24. The molecule has 4 nitrogen and oxygen atoms in total. The third kappa shape index (κ3) is 3.26. The highest BCUT2D eigenvalue weighted by Gasteiger charge is 2.13. The van der Waals surface area contributed by atoms with Gasteiger partial charge in [0.15, 0.2) is 0 Å². The monoisotopic (exact) mass is 339 g/mol. The molecular formula is C13H11BrClN3O. The van der Waals surface area contributed by atoms with Gasteiger partial charge in [-0.2, -0.15) is 0 Å². The van der Waals surface area contributed by atoms with E-state index in [9.17, 15) is 4.79 Å². The van der Waals surface area contributed by atoms with E-state index < -0.39 is 0 Å². The Morgan fingerprint density at radius 1 is 1.16 bits per heavy atom. The Morgan fingerprint density at radius 3 is 2.58 bits per heavy atom. The number of halogens is 2. The summed E-state index contributed by atoms with van der Waals surface area (Å²) in [5, 5.41) is 3.26. The van der Waals surface area contributed by atoms with Crippen molar-refractivity contribution in [3.05, 3.63) is 57.5 Å². The lowest BCUT2D eigenvalue weighted by molar-refractivity contribution is 0.102. The van der Waals surface area contributed by atoms with Crippen LogP contribution in [0.15, 0.2) is 46.9 Å². The molecular weight excluding hydrogens is 330 g/mol. The quantitative estimate of drug-likeness (QED) is 0.590. The number of anilines is 2. The number of para-hydroxylation sites is 1. The van der Waals surface area contributed by atoms with E-state index in [0.29, 0.717) is 22.0 Å². The van der Waals surface area contributed by atoms with Crippen LogP contribution in [0.3, 0.4) is 0 Å². The van der Waals surface area contributed by atoms with Gasteiger partial charge >= 0.3 is 0 Å². The molecule has 0 radical (unpaired) electrons. The third-order valence-corrected chi connectivity index (χ3v) is 3.43. The topological polar surface area (TPSA) is 67.1 Å². The molecule has 0 aliphatic rings. The van der Waals surface area contributed by atoms with Crippen molar-refractivity contribution in [3.63, 3.8) is 0 Å². The number of carbonyl (C=O) groups is 1. The number of nitrogens with two attached hydrogens (primary N) is 1. The number of benzene rings is 2. The van der Waals surface area contributed by atoms with Crippen molar-refractivity contribution >= 4 is 44.8 Å². The van der Waals surface area contributed by atoms with Gasteiger partial charge in [-0.05, 0) is 46.3 Å². The van der Waals surface area contributed by atoms with Gasteiger partial charge in [-0.25, -0.2) is 0 Å². The van der Waals surface area contributed by atoms with Gasteiger partial charge in [0, 0.05) is 9.50 Å². The average Bonchev–Trinajstić information content (AvgIpc) is 2.41. The molecule has 0 spiro atoms. The molecule has 1 amide bonds. The number of rotatable bonds is 3. The first-order chi connectivity index (χ1) is 9.11. The highest BCUT2D eigenvalue weighted by atomic mass is 79.9. The van der Waals surface area contributed by atoms with Gasteiger partial charge in [0.1, 0.15) is 0 Å². The van der Waals surface area contributed by atoms with Crippen molar-refractivity contribution in [2.75, 3.05) is 10.7 Å². The summed E-state index contributed by atoms with van der Waals surface area (Å²) in [5.74, 6) is 5.09. The van der Waals surface area contributed by atoms with Gasteiger partial charge in [0.05, 0.1) is 16.9 Å². The normalized spacial score (nSPS) is 10.1. The Balaban J connectivity index is 2.30. The van der Waals surface area contributed by atoms with Gasteiger partial charge in [0.2, 0.25) is 0 Å². The van der Waals surface area contributed by atoms with Crippen molar-refractivity contribution in [3.8, 4) is 0 Å². The summed E-state index contributed by atoms with van der Waals surface area (Å²) in [5.41, 5.74) is 4.04. The molecule has 0 unspecified atom stereocenters. The van der Waals surface area contributed by atoms with Crippen LogP contribution in [0.1, 0.15) is 10.4 Å². The maximum Gasteiger partial charge on any atom is 0.257 e. The molecule has 0 saturated heterocycles. The molecule has 0 fully saturated rings. The second-order valence-corrected chi connectivity index (χ2v) is 5.06. The number of nitrogen functional groups attached to an aromatic ring is 1. The highest BCUT2D eigenvalue weighted by molar-refractivity contribution is 9.10. The lowest BCUT2D eigenvalue weighted by Crippen LogP contribution is -2.17. The molecule has 4 N–H and O–H groups in total. The zero-order valence-corrected chi connectivity index (χ0v) is 12.1. The van der Waals surface area contributed by atoms with Crippen molar-refractivity contribution in [1.29, 1.82) is 0 Å². The summed E-state index contributed by atoms with van der Waals surface area (Å²) < 4.78 is 0.799. The predicted octanol–water partition coefficient (Wildman–Crippen LogP) is 3.64. The number of nitrogens with one attached hydrogen (secondary N) is 2. The molecule has 19 heavy (non-hydrogen) atoms. The molecule has 0 atom stereocenters. The Morgan fingerprint density at radius 2 is 1.89 bits per heavy atom. The molecule has 6 heteroatoms. The molecule has 0 aliphatic carbocycles. The number of carbonyl (C=O) groups excluding carboxylic acids is 1. The Hall–Kier alpha value is -1.56. The average molecular weight is 341 g/mol. The van der Waals surface area contributed by atoms with Crippen LogP contribution in [0.5, 0.6) is 0 Å². The van der Waals surface area contributed by atoms with Gasteiger partial charge in [-0.15, -0.1) is 0 Å². The third-order valence-electron chi connectivity index (χ3n) is 2.50. The van der Waals surface area contributed by atoms with Crippen LogP contribution in [-0.2, 0) is 0 Å². The largest absolute Gasteiger partial charge is 0.323 e. The van der Waals surface area contributed by atoms with E-state index in [1.807, 2.05) is 18.2 Å². The molecule has 0 saturated carbocycles. The van der Waals surface area contributed by atoms with Gasteiger partial charge in [-0.1, -0.05) is 23.7 Å². The smallest absolute Gasteiger partial charge is 0.257 e. The van der Waals surface area contributed by atoms with Gasteiger partial charge in [0.25, 0.3) is 5.91 Å². The van der Waals surface area contributed by atoms with Crippen molar-refractivity contribution in [2.24, 2.45) is 5.84 Å².